The summed E-state index contributed by atoms with van der Waals surface area (Å²) in [7, 11) is 0. The number of halogens is 1. The molecule has 2 aromatic rings. The third-order valence-corrected chi connectivity index (χ3v) is 19.5. The number of nitrogens with one attached hydrogen (secondary N) is 5. The molecule has 5 aliphatic rings. The minimum Gasteiger partial charge on any atom is -0.481 e. The largest absolute Gasteiger partial charge is 0.481 e. The highest BCUT2D eigenvalue weighted by Crippen LogP contribution is 2.72. The Labute approximate surface area is 481 Å². The highest BCUT2D eigenvalue weighted by molar-refractivity contribution is 8.08. The van der Waals surface area contributed by atoms with Crippen LogP contribution < -0.4 is 26.6 Å². The average Bonchev–Trinajstić information content (AvgIpc) is 2.10. The summed E-state index contributed by atoms with van der Waals surface area (Å²) in [6, 6.07) is 15.2. The molecule has 7 rings (SSSR count). The number of aliphatic hydroxyl groups is 1. The zero-order chi connectivity index (χ0) is 59.0. The van der Waals surface area contributed by atoms with Crippen molar-refractivity contribution in [1.29, 1.82) is 0 Å². The second-order valence-electron chi connectivity index (χ2n) is 21.3. The number of imide groups is 1. The lowest BCUT2D eigenvalue weighted by Crippen LogP contribution is -2.69. The predicted octanol–water partition coefficient (Wildman–Crippen LogP) is 3.87. The van der Waals surface area contributed by atoms with Gasteiger partial charge in [-0.15, -0.1) is 11.6 Å². The molecule has 1 heterocycles. The summed E-state index contributed by atoms with van der Waals surface area (Å²) in [5, 5.41) is 33.4. The lowest BCUT2D eigenvalue weighted by Gasteiger charge is -2.64. The summed E-state index contributed by atoms with van der Waals surface area (Å²) in [4.78, 5) is 145. The van der Waals surface area contributed by atoms with Gasteiger partial charge in [0.2, 0.25) is 35.3 Å². The Morgan fingerprint density at radius 3 is 2.02 bits per heavy atom. The number of Topliss-reactive ketones (excluding diaryl/α,β-unsaturated/α-hetero) is 1. The van der Waals surface area contributed by atoms with Gasteiger partial charge in [-0.1, -0.05) is 99.3 Å². The van der Waals surface area contributed by atoms with Crippen LogP contribution in [0.2, 0.25) is 0 Å². The maximum Gasteiger partial charge on any atom is 0.306 e. The van der Waals surface area contributed by atoms with E-state index in [0.29, 0.717) is 29.1 Å². The van der Waals surface area contributed by atoms with E-state index in [1.54, 1.807) is 67.6 Å². The monoisotopic (exact) mass is 1170 g/mol. The Morgan fingerprint density at radius 2 is 1.42 bits per heavy atom. The second-order valence-corrected chi connectivity index (χ2v) is 24.1. The van der Waals surface area contributed by atoms with Gasteiger partial charge < -0.3 is 46.3 Å². The Morgan fingerprint density at radius 1 is 0.815 bits per heavy atom. The summed E-state index contributed by atoms with van der Waals surface area (Å²) in [6.07, 6.45) is 3.82. The van der Waals surface area contributed by atoms with E-state index in [-0.39, 0.29) is 53.2 Å². The van der Waals surface area contributed by atoms with Crippen molar-refractivity contribution < 1.29 is 72.4 Å². The predicted molar refractivity (Wildman–Crippen MR) is 296 cm³/mol. The second kappa shape index (κ2) is 26.1. The van der Waals surface area contributed by atoms with E-state index in [1.807, 2.05) is 32.9 Å². The Balaban J connectivity index is 0.858. The third kappa shape index (κ3) is 13.0. The van der Waals surface area contributed by atoms with Gasteiger partial charge in [-0.05, 0) is 87.3 Å². The van der Waals surface area contributed by atoms with Crippen molar-refractivity contribution in [3.63, 3.8) is 0 Å². The molecule has 1 aliphatic heterocycles. The number of ether oxygens (including phenoxy) is 2. The summed E-state index contributed by atoms with van der Waals surface area (Å²) in [6.45, 7) is 5.84. The van der Waals surface area contributed by atoms with Crippen molar-refractivity contribution in [2.45, 2.75) is 124 Å². The number of aliphatic hydroxyl groups excluding tert-OH is 1. The number of allylic oxidation sites excluding steroid dienone is 4. The minimum absolute atomic E-state index is 0.0111. The maximum atomic E-state index is 14.5. The molecule has 7 amide bonds. The van der Waals surface area contributed by atoms with E-state index in [4.69, 9.17) is 21.1 Å². The first-order valence-electron chi connectivity index (χ1n) is 26.7. The van der Waals surface area contributed by atoms with Crippen molar-refractivity contribution in [3.05, 3.63) is 94.3 Å². The molecule has 0 spiro atoms. The van der Waals surface area contributed by atoms with Crippen LogP contribution in [0.3, 0.4) is 0 Å². The van der Waals surface area contributed by atoms with Crippen molar-refractivity contribution >= 4 is 100.0 Å². The first-order chi connectivity index (χ1) is 38.4. The highest BCUT2D eigenvalue weighted by atomic mass is 35.5. The fourth-order valence-corrected chi connectivity index (χ4v) is 14.8. The number of carbonyl (C=O) groups is 11. The fraction of sp³-hybridized carbons (Fsp3) is 0.491. The molecule has 10 atom stereocenters. The van der Waals surface area contributed by atoms with E-state index in [9.17, 15) is 63.0 Å². The molecule has 2 aromatic carbocycles. The number of thioether (sulfide) groups is 2. The molecule has 0 bridgehead atoms. The lowest BCUT2D eigenvalue weighted by atomic mass is 9.45. The molecule has 0 aromatic heterocycles. The zero-order valence-corrected chi connectivity index (χ0v) is 47.9. The summed E-state index contributed by atoms with van der Waals surface area (Å²) < 4.78 is 11.8. The Kier molecular flexibility index (Phi) is 19.9. The molecular formula is C57H67ClN6O15S2. The molecule has 3 fully saturated rings. The molecule has 24 heteroatoms. The van der Waals surface area contributed by atoms with Gasteiger partial charge in [0.15, 0.2) is 11.4 Å². The molecular weight excluding hydrogens is 1110 g/mol. The molecule has 81 heavy (non-hydrogen) atoms. The summed E-state index contributed by atoms with van der Waals surface area (Å²) in [5.41, 5.74) is -2.80. The number of carboxylic acids is 1. The van der Waals surface area contributed by atoms with E-state index in [0.717, 1.165) is 34.0 Å². The molecule has 7 N–H and O–H groups in total. The van der Waals surface area contributed by atoms with Crippen LogP contribution in [0.4, 0.5) is 0 Å². The van der Waals surface area contributed by atoms with Crippen LogP contribution >= 0.6 is 35.1 Å². The number of fused-ring (bicyclic) bond motifs is 5. The van der Waals surface area contributed by atoms with Crippen molar-refractivity contribution in [2.24, 2.45) is 28.6 Å². The quantitative estimate of drug-likeness (QED) is 0.0244. The number of carbonyl (C=O) groups excluding carboxylic acids is 10. The smallest absolute Gasteiger partial charge is 0.306 e. The van der Waals surface area contributed by atoms with E-state index < -0.39 is 144 Å². The average molecular weight is 1180 g/mol. The number of ketones is 2. The fourth-order valence-electron chi connectivity index (χ4n) is 12.2. The summed E-state index contributed by atoms with van der Waals surface area (Å²) >= 11 is 9.82. The number of amides is 7. The van der Waals surface area contributed by atoms with Gasteiger partial charge in [0, 0.05) is 52.3 Å². The van der Waals surface area contributed by atoms with Crippen LogP contribution in [0.15, 0.2) is 104 Å². The number of nitrogens with zero attached hydrogens (tertiary/aromatic N) is 1. The maximum absolute atomic E-state index is 14.5. The zero-order valence-electron chi connectivity index (χ0n) is 45.5. The lowest BCUT2D eigenvalue weighted by molar-refractivity contribution is -0.203. The number of hydrogen-bond acceptors (Lipinski definition) is 16. The van der Waals surface area contributed by atoms with Gasteiger partial charge in [-0.2, -0.15) is 0 Å². The van der Waals surface area contributed by atoms with Gasteiger partial charge in [0.1, 0.15) is 25.4 Å². The van der Waals surface area contributed by atoms with Gasteiger partial charge in [0.25, 0.3) is 11.8 Å². The van der Waals surface area contributed by atoms with Gasteiger partial charge >= 0.3 is 11.9 Å². The number of alkyl halides is 1. The van der Waals surface area contributed by atoms with Gasteiger partial charge in [-0.25, -0.2) is 0 Å². The van der Waals surface area contributed by atoms with E-state index in [1.165, 1.54) is 13.0 Å². The van der Waals surface area contributed by atoms with Crippen molar-refractivity contribution in [3.8, 4) is 0 Å². The van der Waals surface area contributed by atoms with Crippen LogP contribution in [0.1, 0.15) is 86.0 Å². The number of benzene rings is 2. The molecule has 434 valence electrons. The van der Waals surface area contributed by atoms with Crippen LogP contribution in [-0.2, 0) is 62.2 Å². The van der Waals surface area contributed by atoms with Gasteiger partial charge in [0.05, 0.1) is 33.9 Å². The van der Waals surface area contributed by atoms with Crippen LogP contribution in [0, 0.1) is 28.6 Å². The van der Waals surface area contributed by atoms with E-state index in [2.05, 4.69) is 26.6 Å². The number of carboxylic acid groups (broad SMARTS) is 1. The number of esters is 1. The normalized spacial score (nSPS) is 27.2. The van der Waals surface area contributed by atoms with Crippen LogP contribution in [-0.4, -0.2) is 142 Å². The molecule has 3 saturated carbocycles. The third-order valence-electron chi connectivity index (χ3n) is 16.3. The standard InChI is InChI=1S/C57H67ClN6O15S2/c1-6-47(73)79-57(32(2)25-39-38-18-17-34-26-35(65)21-23-54(34,4)56(38,58)41(66)27-55(39,57)5)42(67)30-78-31-61-45(70)28-59-44(69)29-60-50(74)33(3)62-51(75)40(19-20-46(71)72)63-43(68)22-24-64-52(76)48(80-36-13-9-7-10-14-36)49(53(64)77)81-37-15-11-8-12-16-37/h7-16,21,23,26,32-33,38-41,66H,6,17-20,22,24-25,27-31H2,1-5H3,(H,59,69)(H,60,74)(H,61,70)(H,62,75)(H,63,68)(H,71,72)/t32-,33-,38-,39?,40-,41-,54-,55-,56-,57-/m0/s1. The van der Waals surface area contributed by atoms with Crippen LogP contribution in [0.5, 0.6) is 0 Å². The summed E-state index contributed by atoms with van der Waals surface area (Å²) in [5.74, 6) is -9.04. The molecule has 4 aliphatic carbocycles. The first kappa shape index (κ1) is 61.9. The first-order valence-corrected chi connectivity index (χ1v) is 28.7. The van der Waals surface area contributed by atoms with Crippen molar-refractivity contribution in [1.82, 2.24) is 31.5 Å². The number of rotatable bonds is 25. The SMILES string of the molecule is CCC(=O)O[C@]1(C(=O)COCNC(=O)CNC(=O)CNC(=O)[C@H](C)NC(=O)[C@H](CCC(=O)O)NC(=O)CCN2C(=O)C(Sc3ccccc3)=C(Sc3ccccc3)C2=O)[C@@H](C)CC2[C@@H]3CCC4=CC(=O)C=C[C@]4(C)[C@@]3(Cl)[C@@H](O)C[C@@]21C. The Bertz CT molecular complexity index is 2880. The molecule has 0 saturated heterocycles. The topological polar surface area (TPSA) is 310 Å². The molecule has 1 unspecified atom stereocenters. The minimum atomic E-state index is -1.72. The van der Waals surface area contributed by atoms with Gasteiger partial charge in [-0.3, -0.25) is 57.6 Å². The molecule has 0 radical (unpaired) electrons. The number of hydrogen-bond donors (Lipinski definition) is 7. The van der Waals surface area contributed by atoms with Crippen molar-refractivity contribution in [2.75, 3.05) is 33.0 Å². The highest BCUT2D eigenvalue weighted by Gasteiger charge is 2.76. The van der Waals surface area contributed by atoms with E-state index >= 15 is 0 Å². The molecule has 21 nitrogen and oxygen atoms in total. The number of aliphatic carboxylic acids is 1. The van der Waals surface area contributed by atoms with Crippen LogP contribution in [0.25, 0.3) is 0 Å². The Hall–Kier alpha value is -6.66.